The molecule has 1 unspecified atom stereocenters. The smallest absolute Gasteiger partial charge is 0.407 e. The van der Waals surface area contributed by atoms with Crippen LogP contribution in [-0.2, 0) is 21.0 Å². The standard InChI is InChI=1S/C25H37N3O5S/c1-17(2)23(34(31,32)20-13-11-19(26)12-14-20)27-16-22(29)21(15-18-9-7-6-8-10-18)28-24(30)33-25(3,4)5/h6-14,17,21-23,27,29H,15-16,26H2,1-5H3,(H,28,30)/t21-,22+,23?/m0/s1. The summed E-state index contributed by atoms with van der Waals surface area (Å²) in [7, 11) is -3.73. The number of aliphatic hydroxyl groups excluding tert-OH is 1. The van der Waals surface area contributed by atoms with Gasteiger partial charge in [-0.05, 0) is 62.9 Å². The number of alkyl carbamates (subject to hydrolysis) is 1. The Labute approximate surface area is 202 Å². The first-order valence-electron chi connectivity index (χ1n) is 11.3. The second kappa shape index (κ2) is 11.7. The predicted molar refractivity (Wildman–Crippen MR) is 134 cm³/mol. The van der Waals surface area contributed by atoms with Gasteiger partial charge in [-0.3, -0.25) is 5.32 Å². The van der Waals surface area contributed by atoms with Crippen LogP contribution >= 0.6 is 0 Å². The molecule has 0 bridgehead atoms. The summed E-state index contributed by atoms with van der Waals surface area (Å²) in [4.78, 5) is 12.6. The van der Waals surface area contributed by atoms with Crippen molar-refractivity contribution in [2.24, 2.45) is 5.92 Å². The molecule has 0 aliphatic heterocycles. The first-order chi connectivity index (χ1) is 15.8. The van der Waals surface area contributed by atoms with Gasteiger partial charge < -0.3 is 20.9 Å². The third-order valence-electron chi connectivity index (χ3n) is 5.14. The van der Waals surface area contributed by atoms with E-state index >= 15 is 0 Å². The zero-order valence-corrected chi connectivity index (χ0v) is 21.3. The highest BCUT2D eigenvalue weighted by Crippen LogP contribution is 2.21. The number of anilines is 1. The van der Waals surface area contributed by atoms with Crippen LogP contribution in [0.2, 0.25) is 0 Å². The fourth-order valence-corrected chi connectivity index (χ4v) is 5.34. The maximum Gasteiger partial charge on any atom is 0.407 e. The lowest BCUT2D eigenvalue weighted by Gasteiger charge is -2.29. The molecule has 0 aliphatic carbocycles. The molecule has 0 spiro atoms. The number of amides is 1. The number of carbonyl (C=O) groups excluding carboxylic acids is 1. The molecule has 0 aliphatic rings. The topological polar surface area (TPSA) is 131 Å². The van der Waals surface area contributed by atoms with Crippen LogP contribution in [0.15, 0.2) is 59.5 Å². The van der Waals surface area contributed by atoms with Gasteiger partial charge in [-0.25, -0.2) is 13.2 Å². The molecule has 0 aromatic heterocycles. The molecular weight excluding hydrogens is 454 g/mol. The van der Waals surface area contributed by atoms with Gasteiger partial charge >= 0.3 is 6.09 Å². The lowest BCUT2D eigenvalue weighted by molar-refractivity contribution is 0.0420. The number of rotatable bonds is 10. The highest BCUT2D eigenvalue weighted by atomic mass is 32.2. The van der Waals surface area contributed by atoms with Crippen LogP contribution in [0.3, 0.4) is 0 Å². The van der Waals surface area contributed by atoms with E-state index in [1.807, 2.05) is 30.3 Å². The average Bonchev–Trinajstić information content (AvgIpc) is 2.72. The SMILES string of the molecule is CC(C)C(NC[C@@H](O)[C@H](Cc1ccccc1)NC(=O)OC(C)(C)C)S(=O)(=O)c1ccc(N)cc1. The van der Waals surface area contributed by atoms with Gasteiger partial charge in [0.05, 0.1) is 17.0 Å². The van der Waals surface area contributed by atoms with Gasteiger partial charge in [0.2, 0.25) is 0 Å². The number of sulfone groups is 1. The maximum absolute atomic E-state index is 13.2. The molecule has 3 atom stereocenters. The number of hydrogen-bond donors (Lipinski definition) is 4. The minimum Gasteiger partial charge on any atom is -0.444 e. The van der Waals surface area contributed by atoms with E-state index in [0.717, 1.165) is 5.56 Å². The lowest BCUT2D eigenvalue weighted by atomic mass is 10.0. The van der Waals surface area contributed by atoms with Crippen molar-refractivity contribution in [3.05, 3.63) is 60.2 Å². The number of nitrogens with two attached hydrogens (primary N) is 1. The second-order valence-electron chi connectivity index (χ2n) is 9.70. The molecule has 5 N–H and O–H groups in total. The van der Waals surface area contributed by atoms with Crippen molar-refractivity contribution in [1.82, 2.24) is 10.6 Å². The Balaban J connectivity index is 2.18. The molecule has 2 aromatic rings. The van der Waals surface area contributed by atoms with E-state index in [1.54, 1.807) is 46.8 Å². The number of benzene rings is 2. The second-order valence-corrected chi connectivity index (χ2v) is 11.8. The van der Waals surface area contributed by atoms with Gasteiger partial charge in [0, 0.05) is 12.2 Å². The zero-order chi connectivity index (χ0) is 25.5. The van der Waals surface area contributed by atoms with Gasteiger partial charge in [-0.15, -0.1) is 0 Å². The fourth-order valence-electron chi connectivity index (χ4n) is 3.50. The van der Waals surface area contributed by atoms with Gasteiger partial charge in [-0.2, -0.15) is 0 Å². The summed E-state index contributed by atoms with van der Waals surface area (Å²) in [5, 5.41) is 15.8. The lowest BCUT2D eigenvalue weighted by Crippen LogP contribution is -2.52. The molecule has 1 amide bonds. The Morgan fingerprint density at radius 3 is 2.18 bits per heavy atom. The van der Waals surface area contributed by atoms with E-state index in [2.05, 4.69) is 10.6 Å². The van der Waals surface area contributed by atoms with Crippen molar-refractivity contribution in [1.29, 1.82) is 0 Å². The van der Waals surface area contributed by atoms with Gasteiger partial charge in [0.1, 0.15) is 11.0 Å². The van der Waals surface area contributed by atoms with Gasteiger partial charge in [0.15, 0.2) is 9.84 Å². The number of nitrogen functional groups attached to an aromatic ring is 1. The number of aliphatic hydroxyl groups is 1. The summed E-state index contributed by atoms with van der Waals surface area (Å²) < 4.78 is 31.8. The van der Waals surface area contributed by atoms with Crippen LogP contribution in [0, 0.1) is 5.92 Å². The molecular formula is C25H37N3O5S. The van der Waals surface area contributed by atoms with E-state index in [0.29, 0.717) is 12.1 Å². The predicted octanol–water partition coefficient (Wildman–Crippen LogP) is 3.11. The first-order valence-corrected chi connectivity index (χ1v) is 12.9. The van der Waals surface area contributed by atoms with E-state index in [9.17, 15) is 18.3 Å². The zero-order valence-electron chi connectivity index (χ0n) is 20.5. The van der Waals surface area contributed by atoms with Crippen LogP contribution < -0.4 is 16.4 Å². The molecule has 0 radical (unpaired) electrons. The van der Waals surface area contributed by atoms with Crippen molar-refractivity contribution in [3.63, 3.8) is 0 Å². The van der Waals surface area contributed by atoms with E-state index < -0.39 is 39.1 Å². The summed E-state index contributed by atoms with van der Waals surface area (Å²) in [5.74, 6) is -0.277. The van der Waals surface area contributed by atoms with E-state index in [4.69, 9.17) is 10.5 Å². The summed E-state index contributed by atoms with van der Waals surface area (Å²) in [6.07, 6.45) is -1.38. The molecule has 2 aromatic carbocycles. The van der Waals surface area contributed by atoms with Gasteiger partial charge in [0.25, 0.3) is 0 Å². The Kier molecular flexibility index (Phi) is 9.49. The van der Waals surface area contributed by atoms with Gasteiger partial charge in [-0.1, -0.05) is 44.2 Å². The average molecular weight is 492 g/mol. The highest BCUT2D eigenvalue weighted by Gasteiger charge is 2.32. The molecule has 0 saturated carbocycles. The van der Waals surface area contributed by atoms with Crippen LogP contribution in [-0.4, -0.2) is 49.3 Å². The largest absolute Gasteiger partial charge is 0.444 e. The van der Waals surface area contributed by atoms with Crippen LogP contribution in [0.5, 0.6) is 0 Å². The van der Waals surface area contributed by atoms with Crippen molar-refractivity contribution >= 4 is 21.6 Å². The Hall–Kier alpha value is -2.62. The molecule has 34 heavy (non-hydrogen) atoms. The Bertz CT molecular complexity index is 1020. The molecule has 0 saturated heterocycles. The minimum absolute atomic E-state index is 0.0512. The summed E-state index contributed by atoms with van der Waals surface area (Å²) in [5.41, 5.74) is 6.38. The molecule has 0 fully saturated rings. The highest BCUT2D eigenvalue weighted by molar-refractivity contribution is 7.92. The first kappa shape index (κ1) is 27.6. The molecule has 9 heteroatoms. The third-order valence-corrected chi connectivity index (χ3v) is 7.45. The number of carbonyl (C=O) groups is 1. The third kappa shape index (κ3) is 8.30. The van der Waals surface area contributed by atoms with Crippen LogP contribution in [0.1, 0.15) is 40.2 Å². The summed E-state index contributed by atoms with van der Waals surface area (Å²) >= 11 is 0. The molecule has 188 valence electrons. The van der Waals surface area contributed by atoms with Crippen LogP contribution in [0.25, 0.3) is 0 Å². The molecule has 2 rings (SSSR count). The Morgan fingerprint density at radius 2 is 1.65 bits per heavy atom. The maximum atomic E-state index is 13.2. The number of hydrogen-bond acceptors (Lipinski definition) is 7. The fraction of sp³-hybridized carbons (Fsp3) is 0.480. The number of nitrogens with one attached hydrogen (secondary N) is 2. The van der Waals surface area contributed by atoms with Crippen LogP contribution in [0.4, 0.5) is 10.5 Å². The summed E-state index contributed by atoms with van der Waals surface area (Å²) in [6, 6.07) is 14.8. The number of ether oxygens (including phenoxy) is 1. The van der Waals surface area contributed by atoms with Crippen molar-refractivity contribution in [2.75, 3.05) is 12.3 Å². The molecule has 8 nitrogen and oxygen atoms in total. The quantitative estimate of drug-likeness (QED) is 0.376. The monoisotopic (exact) mass is 491 g/mol. The van der Waals surface area contributed by atoms with Crippen molar-refractivity contribution in [3.8, 4) is 0 Å². The van der Waals surface area contributed by atoms with Crippen molar-refractivity contribution in [2.45, 2.75) is 69.1 Å². The minimum atomic E-state index is -3.73. The van der Waals surface area contributed by atoms with E-state index in [-0.39, 0.29) is 17.4 Å². The van der Waals surface area contributed by atoms with Crippen molar-refractivity contribution < 1.29 is 23.1 Å². The normalized spacial score (nSPS) is 14.9. The molecule has 0 heterocycles. The van der Waals surface area contributed by atoms with E-state index in [1.165, 1.54) is 12.1 Å². The Morgan fingerprint density at radius 1 is 1.06 bits per heavy atom. The summed E-state index contributed by atoms with van der Waals surface area (Å²) in [6.45, 7) is 8.80.